The lowest BCUT2D eigenvalue weighted by molar-refractivity contribution is -0.115. The number of amides is 1. The van der Waals surface area contributed by atoms with Gasteiger partial charge >= 0.3 is 0 Å². The zero-order chi connectivity index (χ0) is 16.6. The van der Waals surface area contributed by atoms with E-state index >= 15 is 0 Å². The minimum Gasteiger partial charge on any atom is -0.443 e. The third-order valence-corrected chi connectivity index (χ3v) is 4.54. The van der Waals surface area contributed by atoms with Gasteiger partial charge in [-0.1, -0.05) is 11.8 Å². The van der Waals surface area contributed by atoms with E-state index in [9.17, 15) is 14.9 Å². The summed E-state index contributed by atoms with van der Waals surface area (Å²) in [5.41, 5.74) is 1.16. The summed E-state index contributed by atoms with van der Waals surface area (Å²) in [6, 6.07) is 1.92. The van der Waals surface area contributed by atoms with Crippen molar-refractivity contribution in [3.05, 3.63) is 28.0 Å². The van der Waals surface area contributed by atoms with Gasteiger partial charge in [0.15, 0.2) is 11.0 Å². The van der Waals surface area contributed by atoms with Crippen molar-refractivity contribution in [2.75, 3.05) is 18.4 Å². The van der Waals surface area contributed by atoms with Crippen LogP contribution in [-0.4, -0.2) is 34.8 Å². The maximum absolute atomic E-state index is 12.2. The third-order valence-electron chi connectivity index (χ3n) is 3.59. The van der Waals surface area contributed by atoms with Crippen LogP contribution in [0.25, 0.3) is 0 Å². The molecule has 118 valence electrons. The van der Waals surface area contributed by atoms with Gasteiger partial charge in [0.1, 0.15) is 17.4 Å². The minimum absolute atomic E-state index is 0.0294. The number of nitriles is 1. The van der Waals surface area contributed by atoms with Gasteiger partial charge in [-0.15, -0.1) is 0 Å². The Kier molecular flexibility index (Phi) is 3.96. The molecule has 0 aliphatic carbocycles. The van der Waals surface area contributed by atoms with E-state index in [0.29, 0.717) is 5.76 Å². The number of fused-ring (bicyclic) bond motifs is 1. The number of ketones is 1. The van der Waals surface area contributed by atoms with Crippen molar-refractivity contribution in [1.82, 2.24) is 4.90 Å². The van der Waals surface area contributed by atoms with E-state index in [2.05, 4.69) is 10.3 Å². The molecule has 0 unspecified atom stereocenters. The normalized spacial score (nSPS) is 15.8. The minimum atomic E-state index is -0.301. The summed E-state index contributed by atoms with van der Waals surface area (Å²) < 4.78 is 5.38. The topological polar surface area (TPSA) is 98.7 Å². The molecule has 1 aromatic heterocycles. The molecule has 2 aliphatic heterocycles. The van der Waals surface area contributed by atoms with Gasteiger partial charge in [0.05, 0.1) is 18.5 Å². The third kappa shape index (κ3) is 2.75. The second-order valence-electron chi connectivity index (χ2n) is 5.17. The first-order valence-corrected chi connectivity index (χ1v) is 7.91. The number of Topliss-reactive ketones (excluding diaryl/α,β-unsaturated/α-hetero) is 1. The average molecular weight is 330 g/mol. The molecule has 0 saturated heterocycles. The van der Waals surface area contributed by atoms with E-state index in [4.69, 9.17) is 4.42 Å². The molecule has 7 nitrogen and oxygen atoms in total. The molecule has 23 heavy (non-hydrogen) atoms. The molecule has 2 aliphatic rings. The fourth-order valence-electron chi connectivity index (χ4n) is 2.61. The molecule has 1 aromatic rings. The van der Waals surface area contributed by atoms with E-state index in [1.807, 2.05) is 16.4 Å². The van der Waals surface area contributed by atoms with Crippen LogP contribution in [0.15, 0.2) is 20.5 Å². The quantitative estimate of drug-likeness (QED) is 0.850. The van der Waals surface area contributed by atoms with Gasteiger partial charge < -0.3 is 9.32 Å². The highest BCUT2D eigenvalue weighted by molar-refractivity contribution is 8.16. The summed E-state index contributed by atoms with van der Waals surface area (Å²) in [5, 5.41) is 14.6. The smallest absolute Gasteiger partial charge is 0.232 e. The number of amidine groups is 1. The number of nitrogens with zero attached hydrogens (tertiary/aromatic N) is 3. The molecule has 0 radical (unpaired) electrons. The molecule has 1 N–H and O–H groups in total. The predicted molar refractivity (Wildman–Crippen MR) is 86.1 cm³/mol. The van der Waals surface area contributed by atoms with Crippen LogP contribution in [0.5, 0.6) is 0 Å². The Labute approximate surface area is 137 Å². The largest absolute Gasteiger partial charge is 0.443 e. The molecular weight excluding hydrogens is 316 g/mol. The fraction of sp³-hybridized carbons (Fsp3) is 0.333. The van der Waals surface area contributed by atoms with Crippen molar-refractivity contribution in [2.24, 2.45) is 4.99 Å². The van der Waals surface area contributed by atoms with E-state index in [1.54, 1.807) is 6.92 Å². The molecule has 1 amide bonds. The van der Waals surface area contributed by atoms with Gasteiger partial charge in [-0.2, -0.15) is 5.26 Å². The Morgan fingerprint density at radius 1 is 1.57 bits per heavy atom. The van der Waals surface area contributed by atoms with Crippen molar-refractivity contribution in [3.8, 4) is 6.07 Å². The highest BCUT2D eigenvalue weighted by Gasteiger charge is 2.28. The van der Waals surface area contributed by atoms with Gasteiger partial charge in [-0.25, -0.2) is 0 Å². The Balaban J connectivity index is 1.74. The first-order chi connectivity index (χ1) is 11.0. The van der Waals surface area contributed by atoms with Crippen molar-refractivity contribution in [3.63, 3.8) is 0 Å². The number of thioether (sulfide) groups is 1. The molecule has 0 atom stereocenters. The number of nitrogens with one attached hydrogen (secondary N) is 1. The molecule has 0 saturated carbocycles. The lowest BCUT2D eigenvalue weighted by Crippen LogP contribution is -2.24. The first kappa shape index (κ1) is 15.4. The van der Waals surface area contributed by atoms with Gasteiger partial charge in [0.2, 0.25) is 11.8 Å². The van der Waals surface area contributed by atoms with Crippen molar-refractivity contribution < 1.29 is 14.0 Å². The molecule has 0 spiro atoms. The Morgan fingerprint density at radius 3 is 3.04 bits per heavy atom. The zero-order valence-corrected chi connectivity index (χ0v) is 13.5. The Bertz CT molecular complexity index is 800. The van der Waals surface area contributed by atoms with Crippen LogP contribution >= 0.6 is 11.8 Å². The summed E-state index contributed by atoms with van der Waals surface area (Å²) in [7, 11) is 0. The van der Waals surface area contributed by atoms with E-state index in [-0.39, 0.29) is 35.1 Å². The molecule has 8 heteroatoms. The van der Waals surface area contributed by atoms with Crippen molar-refractivity contribution in [2.45, 2.75) is 20.3 Å². The second kappa shape index (κ2) is 5.93. The first-order valence-electron chi connectivity index (χ1n) is 7.03. The number of carbonyl (C=O) groups is 2. The average Bonchev–Trinajstić information content (AvgIpc) is 3.14. The van der Waals surface area contributed by atoms with Gasteiger partial charge in [-0.3, -0.25) is 19.9 Å². The van der Waals surface area contributed by atoms with E-state index in [1.165, 1.54) is 18.7 Å². The molecular formula is C15H14N4O3S. The van der Waals surface area contributed by atoms with Gasteiger partial charge in [0.25, 0.3) is 0 Å². The molecule has 3 rings (SSSR count). The van der Waals surface area contributed by atoms with Crippen LogP contribution in [0, 0.1) is 18.3 Å². The van der Waals surface area contributed by atoms with E-state index in [0.717, 1.165) is 24.0 Å². The highest BCUT2D eigenvalue weighted by atomic mass is 32.2. The summed E-state index contributed by atoms with van der Waals surface area (Å²) in [6.07, 6.45) is 0.159. The summed E-state index contributed by atoms with van der Waals surface area (Å²) in [5.74, 6) is -0.211. The number of aliphatic imine (C=N–C) groups is 1. The monoisotopic (exact) mass is 330 g/mol. The van der Waals surface area contributed by atoms with Gasteiger partial charge in [0, 0.05) is 12.2 Å². The number of aryl methyl sites for hydroxylation is 1. The Hall–Kier alpha value is -2.53. The zero-order valence-electron chi connectivity index (χ0n) is 12.7. The van der Waals surface area contributed by atoms with Crippen LogP contribution in [0.2, 0.25) is 0 Å². The SMILES string of the molecule is CC(=O)c1c(C)oc(NC(=O)CC2=CSC3=NCCN23)c1C#N. The number of hydrogen-bond acceptors (Lipinski definition) is 7. The van der Waals surface area contributed by atoms with Crippen LogP contribution < -0.4 is 5.32 Å². The summed E-state index contributed by atoms with van der Waals surface area (Å²) >= 11 is 1.50. The fourth-order valence-corrected chi connectivity index (χ4v) is 3.57. The van der Waals surface area contributed by atoms with Crippen molar-refractivity contribution >= 4 is 34.5 Å². The van der Waals surface area contributed by atoms with Crippen molar-refractivity contribution in [1.29, 1.82) is 5.26 Å². The standard InChI is InChI=1S/C15H14N4O3S/c1-8(20)13-9(2)22-14(11(13)6-16)18-12(21)5-10-7-23-15-17-3-4-19(10)15/h7H,3-5H2,1-2H3,(H,18,21). The maximum Gasteiger partial charge on any atom is 0.232 e. The Morgan fingerprint density at radius 2 is 2.35 bits per heavy atom. The van der Waals surface area contributed by atoms with Crippen LogP contribution in [0.3, 0.4) is 0 Å². The predicted octanol–water partition coefficient (Wildman–Crippen LogP) is 2.25. The van der Waals surface area contributed by atoms with Crippen LogP contribution in [-0.2, 0) is 4.79 Å². The maximum atomic E-state index is 12.2. The highest BCUT2D eigenvalue weighted by Crippen LogP contribution is 2.32. The number of rotatable bonds is 4. The molecule has 3 heterocycles. The number of hydrogen-bond donors (Lipinski definition) is 1. The number of furan rings is 1. The molecule has 0 bridgehead atoms. The lowest BCUT2D eigenvalue weighted by atomic mass is 10.1. The van der Waals surface area contributed by atoms with Crippen LogP contribution in [0.1, 0.15) is 35.0 Å². The van der Waals surface area contributed by atoms with Crippen LogP contribution in [0.4, 0.5) is 5.88 Å². The van der Waals surface area contributed by atoms with Gasteiger partial charge in [-0.05, 0) is 19.3 Å². The number of anilines is 1. The summed E-state index contributed by atoms with van der Waals surface area (Å²) in [4.78, 5) is 30.2. The lowest BCUT2D eigenvalue weighted by Gasteiger charge is -2.15. The second-order valence-corrected chi connectivity index (χ2v) is 6.01. The summed E-state index contributed by atoms with van der Waals surface area (Å²) in [6.45, 7) is 4.47. The number of carbonyl (C=O) groups excluding carboxylic acids is 2. The molecule has 0 aromatic carbocycles. The molecule has 0 fully saturated rings. The van der Waals surface area contributed by atoms with E-state index < -0.39 is 0 Å².